The molecule has 4 nitrogen and oxygen atoms in total. The molecule has 0 amide bonds. The summed E-state index contributed by atoms with van der Waals surface area (Å²) in [5.74, 6) is 1.74. The van der Waals surface area contributed by atoms with E-state index in [2.05, 4.69) is 34.8 Å². The lowest BCUT2D eigenvalue weighted by Crippen LogP contribution is -2.31. The van der Waals surface area contributed by atoms with E-state index >= 15 is 0 Å². The van der Waals surface area contributed by atoms with E-state index in [1.165, 1.54) is 5.56 Å². The molecular weight excluding hydrogens is 236 g/mol. The zero-order valence-electron chi connectivity index (χ0n) is 11.7. The molecule has 19 heavy (non-hydrogen) atoms. The molecule has 0 saturated heterocycles. The molecule has 2 rings (SSSR count). The topological polar surface area (TPSA) is 55.0 Å². The summed E-state index contributed by atoms with van der Waals surface area (Å²) in [5, 5.41) is 0. The molecule has 2 aromatic rings. The zero-order chi connectivity index (χ0) is 13.8. The summed E-state index contributed by atoms with van der Waals surface area (Å²) < 4.78 is 0. The maximum atomic E-state index is 5.83. The van der Waals surface area contributed by atoms with Gasteiger partial charge < -0.3 is 10.6 Å². The molecule has 0 radical (unpaired) electrons. The molecule has 0 spiro atoms. The molecular formula is C15H20N4. The standard InChI is InChI=1S/C15H20N4/c1-11(2)19(15-7-8-17-12(3)18-15)10-13-5-4-6-14(16)9-13/h4-9,11H,10,16H2,1-3H3. The Morgan fingerprint density at radius 2 is 2.05 bits per heavy atom. The molecule has 100 valence electrons. The summed E-state index contributed by atoms with van der Waals surface area (Å²) in [6, 6.07) is 10.3. The highest BCUT2D eigenvalue weighted by Gasteiger charge is 2.13. The normalized spacial score (nSPS) is 10.7. The number of hydrogen-bond donors (Lipinski definition) is 1. The van der Waals surface area contributed by atoms with Gasteiger partial charge in [-0.05, 0) is 44.5 Å². The van der Waals surface area contributed by atoms with Gasteiger partial charge in [-0.3, -0.25) is 0 Å². The lowest BCUT2D eigenvalue weighted by molar-refractivity contribution is 0.669. The van der Waals surface area contributed by atoms with E-state index in [9.17, 15) is 0 Å². The molecule has 1 aromatic heterocycles. The lowest BCUT2D eigenvalue weighted by atomic mass is 10.1. The van der Waals surface area contributed by atoms with Gasteiger partial charge in [-0.15, -0.1) is 0 Å². The number of hydrogen-bond acceptors (Lipinski definition) is 4. The highest BCUT2D eigenvalue weighted by atomic mass is 15.2. The Morgan fingerprint density at radius 3 is 2.68 bits per heavy atom. The second-order valence-corrected chi connectivity index (χ2v) is 4.93. The van der Waals surface area contributed by atoms with Crippen molar-refractivity contribution in [3.8, 4) is 0 Å². The Bertz CT molecular complexity index is 551. The summed E-state index contributed by atoms with van der Waals surface area (Å²) in [4.78, 5) is 10.9. The van der Waals surface area contributed by atoms with E-state index in [0.717, 1.165) is 23.9 Å². The van der Waals surface area contributed by atoms with Crippen molar-refractivity contribution >= 4 is 11.5 Å². The van der Waals surface area contributed by atoms with Crippen LogP contribution in [-0.4, -0.2) is 16.0 Å². The Labute approximate surface area is 114 Å². The van der Waals surface area contributed by atoms with Crippen molar-refractivity contribution in [2.45, 2.75) is 33.4 Å². The first-order valence-corrected chi connectivity index (χ1v) is 6.47. The second kappa shape index (κ2) is 5.69. The van der Waals surface area contributed by atoms with E-state index in [-0.39, 0.29) is 0 Å². The van der Waals surface area contributed by atoms with Crippen LogP contribution in [-0.2, 0) is 6.54 Å². The molecule has 0 saturated carbocycles. The first kappa shape index (κ1) is 13.3. The van der Waals surface area contributed by atoms with Crippen molar-refractivity contribution in [2.75, 3.05) is 10.6 Å². The van der Waals surface area contributed by atoms with Gasteiger partial charge in [0.15, 0.2) is 0 Å². The molecule has 0 atom stereocenters. The minimum absolute atomic E-state index is 0.357. The number of anilines is 2. The fourth-order valence-corrected chi connectivity index (χ4v) is 2.02. The number of nitrogens with two attached hydrogens (primary N) is 1. The molecule has 2 N–H and O–H groups in total. The van der Waals surface area contributed by atoms with Gasteiger partial charge in [0.1, 0.15) is 11.6 Å². The van der Waals surface area contributed by atoms with Gasteiger partial charge in [0.2, 0.25) is 0 Å². The highest BCUT2D eigenvalue weighted by Crippen LogP contribution is 2.18. The molecule has 0 bridgehead atoms. The largest absolute Gasteiger partial charge is 0.399 e. The van der Waals surface area contributed by atoms with Gasteiger partial charge >= 0.3 is 0 Å². The van der Waals surface area contributed by atoms with Gasteiger partial charge in [-0.1, -0.05) is 12.1 Å². The van der Waals surface area contributed by atoms with Crippen molar-refractivity contribution < 1.29 is 0 Å². The Hall–Kier alpha value is -2.10. The van der Waals surface area contributed by atoms with Crippen LogP contribution in [0.15, 0.2) is 36.5 Å². The summed E-state index contributed by atoms with van der Waals surface area (Å²) >= 11 is 0. The van der Waals surface area contributed by atoms with Crippen molar-refractivity contribution in [3.05, 3.63) is 47.9 Å². The van der Waals surface area contributed by atoms with Crippen molar-refractivity contribution in [2.24, 2.45) is 0 Å². The molecule has 0 unspecified atom stereocenters. The molecule has 0 aliphatic heterocycles. The molecule has 1 aromatic carbocycles. The first-order valence-electron chi connectivity index (χ1n) is 6.47. The van der Waals surface area contributed by atoms with Crippen LogP contribution in [0.3, 0.4) is 0 Å². The quantitative estimate of drug-likeness (QED) is 0.855. The molecule has 0 fully saturated rings. The van der Waals surface area contributed by atoms with Crippen molar-refractivity contribution in [3.63, 3.8) is 0 Å². The van der Waals surface area contributed by atoms with Gasteiger partial charge in [0.25, 0.3) is 0 Å². The second-order valence-electron chi connectivity index (χ2n) is 4.93. The predicted octanol–water partition coefficient (Wildman–Crippen LogP) is 2.78. The van der Waals surface area contributed by atoms with Gasteiger partial charge in [-0.25, -0.2) is 9.97 Å². The van der Waals surface area contributed by atoms with E-state index in [4.69, 9.17) is 5.73 Å². The third kappa shape index (κ3) is 3.44. The van der Waals surface area contributed by atoms with Gasteiger partial charge in [0.05, 0.1) is 0 Å². The molecule has 1 heterocycles. The maximum absolute atomic E-state index is 5.83. The van der Waals surface area contributed by atoms with Crippen LogP contribution in [0.25, 0.3) is 0 Å². The number of benzene rings is 1. The Kier molecular flexibility index (Phi) is 4.00. The summed E-state index contributed by atoms with van der Waals surface area (Å²) in [6.07, 6.45) is 1.80. The van der Waals surface area contributed by atoms with Gasteiger partial charge in [0, 0.05) is 24.5 Å². The SMILES string of the molecule is Cc1nccc(N(Cc2cccc(N)c2)C(C)C)n1. The fraction of sp³-hybridized carbons (Fsp3) is 0.333. The van der Waals surface area contributed by atoms with Crippen LogP contribution in [0.4, 0.5) is 11.5 Å². The van der Waals surface area contributed by atoms with Crippen LogP contribution < -0.4 is 10.6 Å². The van der Waals surface area contributed by atoms with Crippen molar-refractivity contribution in [1.82, 2.24) is 9.97 Å². The number of nitrogens with zero attached hydrogens (tertiary/aromatic N) is 3. The summed E-state index contributed by atoms with van der Waals surface area (Å²) in [6.45, 7) is 7.01. The van der Waals surface area contributed by atoms with Gasteiger partial charge in [-0.2, -0.15) is 0 Å². The van der Waals surface area contributed by atoms with E-state index < -0.39 is 0 Å². The van der Waals surface area contributed by atoms with Crippen LogP contribution in [0.2, 0.25) is 0 Å². The monoisotopic (exact) mass is 256 g/mol. The number of aryl methyl sites for hydroxylation is 1. The highest BCUT2D eigenvalue weighted by molar-refractivity contribution is 5.44. The predicted molar refractivity (Wildman–Crippen MR) is 78.9 cm³/mol. The fourth-order valence-electron chi connectivity index (χ4n) is 2.02. The van der Waals surface area contributed by atoms with Crippen LogP contribution in [0.5, 0.6) is 0 Å². The zero-order valence-corrected chi connectivity index (χ0v) is 11.7. The van der Waals surface area contributed by atoms with Crippen LogP contribution in [0, 0.1) is 6.92 Å². The maximum Gasteiger partial charge on any atom is 0.132 e. The Morgan fingerprint density at radius 1 is 1.26 bits per heavy atom. The number of nitrogen functional groups attached to an aromatic ring is 1. The Balaban J connectivity index is 2.26. The third-order valence-corrected chi connectivity index (χ3v) is 2.98. The lowest BCUT2D eigenvalue weighted by Gasteiger charge is -2.28. The van der Waals surface area contributed by atoms with E-state index in [1.54, 1.807) is 6.20 Å². The molecule has 4 heteroatoms. The first-order chi connectivity index (χ1) is 9.06. The minimum atomic E-state index is 0.357. The molecule has 0 aliphatic carbocycles. The van der Waals surface area contributed by atoms with E-state index in [0.29, 0.717) is 6.04 Å². The van der Waals surface area contributed by atoms with Crippen LogP contribution >= 0.6 is 0 Å². The summed E-state index contributed by atoms with van der Waals surface area (Å²) in [7, 11) is 0. The van der Waals surface area contributed by atoms with Crippen molar-refractivity contribution in [1.29, 1.82) is 0 Å². The average molecular weight is 256 g/mol. The number of rotatable bonds is 4. The number of aromatic nitrogens is 2. The van der Waals surface area contributed by atoms with Crippen LogP contribution in [0.1, 0.15) is 25.2 Å². The molecule has 0 aliphatic rings. The minimum Gasteiger partial charge on any atom is -0.399 e. The van der Waals surface area contributed by atoms with E-state index in [1.807, 2.05) is 31.2 Å². The smallest absolute Gasteiger partial charge is 0.132 e. The summed E-state index contributed by atoms with van der Waals surface area (Å²) in [5.41, 5.74) is 7.81. The average Bonchev–Trinajstić information content (AvgIpc) is 2.35. The third-order valence-electron chi connectivity index (χ3n) is 2.98.